The Bertz CT molecular complexity index is 1280. The van der Waals surface area contributed by atoms with E-state index in [0.717, 1.165) is 74.1 Å². The van der Waals surface area contributed by atoms with Crippen molar-refractivity contribution in [2.45, 2.75) is 112 Å². The summed E-state index contributed by atoms with van der Waals surface area (Å²) in [6.07, 6.45) is 9.27. The topological polar surface area (TPSA) is 69.9 Å². The van der Waals surface area contributed by atoms with E-state index in [4.69, 9.17) is 4.52 Å². The summed E-state index contributed by atoms with van der Waals surface area (Å²) in [5, 5.41) is 5.61. The molecule has 4 fully saturated rings. The smallest absolute Gasteiger partial charge is 0.226 e. The molecule has 1 amide bonds. The van der Waals surface area contributed by atoms with E-state index in [-0.39, 0.29) is 29.7 Å². The number of amides is 1. The first-order chi connectivity index (χ1) is 23.3. The third kappa shape index (κ3) is 8.37. The van der Waals surface area contributed by atoms with E-state index in [1.54, 1.807) is 0 Å². The number of rotatable bonds is 9. The lowest BCUT2D eigenvalue weighted by Gasteiger charge is -2.44. The SMILES string of the molecule is C=C(C)N(C)C1C(C)C2CC1C(C(=O)N(C)CC1CCCCC1CN1CCC(c3noc4ccccc34)CC1)C2C=O.CC.CC.CC. The zero-order valence-corrected chi connectivity index (χ0v) is 32.1. The first-order valence-corrected chi connectivity index (χ1v) is 19.4. The Morgan fingerprint density at radius 1 is 0.979 bits per heavy atom. The fraction of sp³-hybridized carbons (Fsp3) is 0.732. The van der Waals surface area contributed by atoms with Gasteiger partial charge in [0.15, 0.2) is 5.58 Å². The number of hydrogen-bond donors (Lipinski definition) is 0. The summed E-state index contributed by atoms with van der Waals surface area (Å²) < 4.78 is 5.60. The number of nitrogens with zero attached hydrogens (tertiary/aromatic N) is 4. The molecule has 1 saturated heterocycles. The number of likely N-dealkylation sites (tertiary alicyclic amines) is 1. The lowest BCUT2D eigenvalue weighted by molar-refractivity contribution is -0.142. The molecule has 3 aliphatic carbocycles. The molecule has 1 aromatic carbocycles. The Morgan fingerprint density at radius 3 is 2.23 bits per heavy atom. The highest BCUT2D eigenvalue weighted by molar-refractivity contribution is 5.83. The molecule has 1 aromatic heterocycles. The number of carbonyl (C=O) groups is 2. The molecule has 0 N–H and O–H groups in total. The zero-order valence-electron chi connectivity index (χ0n) is 32.1. The maximum atomic E-state index is 14.1. The number of benzene rings is 1. The first kappa shape index (κ1) is 39.8. The van der Waals surface area contributed by atoms with Crippen LogP contribution in [0.25, 0.3) is 11.0 Å². The highest BCUT2D eigenvalue weighted by Gasteiger charge is 2.60. The van der Waals surface area contributed by atoms with Gasteiger partial charge in [0.1, 0.15) is 6.29 Å². The van der Waals surface area contributed by atoms with Gasteiger partial charge < -0.3 is 24.0 Å². The van der Waals surface area contributed by atoms with Crippen LogP contribution < -0.4 is 0 Å². The van der Waals surface area contributed by atoms with Crippen LogP contribution in [0, 0.1) is 41.4 Å². The minimum Gasteiger partial charge on any atom is -0.375 e. The number of aromatic nitrogens is 1. The second kappa shape index (κ2) is 18.9. The van der Waals surface area contributed by atoms with E-state index < -0.39 is 0 Å². The summed E-state index contributed by atoms with van der Waals surface area (Å²) in [7, 11) is 4.10. The lowest BCUT2D eigenvalue weighted by Crippen LogP contribution is -2.52. The quantitative estimate of drug-likeness (QED) is 0.250. The van der Waals surface area contributed by atoms with Gasteiger partial charge in [-0.2, -0.15) is 0 Å². The van der Waals surface area contributed by atoms with Gasteiger partial charge in [0, 0.05) is 56.1 Å². The molecule has 2 aromatic rings. The molecular formula is C41H68N4O3. The molecule has 8 unspecified atom stereocenters. The van der Waals surface area contributed by atoms with Crippen molar-refractivity contribution in [2.75, 3.05) is 40.3 Å². The molecule has 3 saturated carbocycles. The van der Waals surface area contributed by atoms with Gasteiger partial charge in [-0.3, -0.25) is 4.79 Å². The summed E-state index contributed by atoms with van der Waals surface area (Å²) in [5.74, 6) is 2.35. The third-order valence-corrected chi connectivity index (χ3v) is 11.9. The van der Waals surface area contributed by atoms with Crippen molar-refractivity contribution in [3.8, 4) is 0 Å². The molecule has 6 rings (SSSR count). The molecule has 7 nitrogen and oxygen atoms in total. The maximum absolute atomic E-state index is 14.1. The number of piperidine rings is 1. The van der Waals surface area contributed by atoms with Crippen LogP contribution >= 0.6 is 0 Å². The van der Waals surface area contributed by atoms with Crippen molar-refractivity contribution < 1.29 is 14.1 Å². The normalized spacial score (nSPS) is 29.8. The van der Waals surface area contributed by atoms with Gasteiger partial charge in [-0.05, 0) is 93.8 Å². The predicted molar refractivity (Wildman–Crippen MR) is 200 cm³/mol. The second-order valence-electron chi connectivity index (χ2n) is 14.2. The molecule has 7 heteroatoms. The molecule has 2 heterocycles. The summed E-state index contributed by atoms with van der Waals surface area (Å²) in [4.78, 5) is 33.3. The monoisotopic (exact) mass is 665 g/mol. The van der Waals surface area contributed by atoms with Crippen LogP contribution in [0.5, 0.6) is 0 Å². The Balaban J connectivity index is 0.000000987. The van der Waals surface area contributed by atoms with Crippen molar-refractivity contribution in [1.29, 1.82) is 0 Å². The van der Waals surface area contributed by atoms with E-state index in [9.17, 15) is 9.59 Å². The molecule has 0 radical (unpaired) electrons. The number of para-hydroxylation sites is 1. The van der Waals surface area contributed by atoms with Gasteiger partial charge in [0.05, 0.1) is 11.6 Å². The van der Waals surface area contributed by atoms with E-state index in [2.05, 4.69) is 47.6 Å². The molecule has 0 spiro atoms. The molecule has 4 aliphatic rings. The van der Waals surface area contributed by atoms with E-state index in [1.165, 1.54) is 25.7 Å². The maximum Gasteiger partial charge on any atom is 0.226 e. The summed E-state index contributed by atoms with van der Waals surface area (Å²) >= 11 is 0. The highest BCUT2D eigenvalue weighted by atomic mass is 16.5. The number of allylic oxidation sites excluding steroid dienone is 1. The molecule has 1 aliphatic heterocycles. The van der Waals surface area contributed by atoms with Gasteiger partial charge in [0.2, 0.25) is 5.91 Å². The Labute approximate surface area is 292 Å². The fourth-order valence-corrected chi connectivity index (χ4v) is 9.54. The number of carbonyl (C=O) groups excluding carboxylic acids is 2. The van der Waals surface area contributed by atoms with Gasteiger partial charge in [-0.1, -0.05) is 85.2 Å². The van der Waals surface area contributed by atoms with Gasteiger partial charge in [0.25, 0.3) is 0 Å². The standard InChI is InChI=1S/C35H50N4O3.3C2H6/c1-22(2)38(5)34-23(3)28-18-29(34)32(30(28)21-40)35(41)37(4)19-25-10-6-7-11-26(25)20-39-16-14-24(15-17-39)33-27-12-8-9-13-31(27)42-36-33;3*1-2/h8-9,12-13,21,23-26,28-30,32,34H,1,6-7,10-11,14-20H2,2-5H3;3*1-2H3. The van der Waals surface area contributed by atoms with Crippen molar-refractivity contribution >= 4 is 23.2 Å². The van der Waals surface area contributed by atoms with Crippen molar-refractivity contribution in [3.05, 3.63) is 42.2 Å². The second-order valence-corrected chi connectivity index (χ2v) is 14.2. The average molecular weight is 665 g/mol. The highest BCUT2D eigenvalue weighted by Crippen LogP contribution is 2.56. The predicted octanol–water partition coefficient (Wildman–Crippen LogP) is 8.90. The summed E-state index contributed by atoms with van der Waals surface area (Å²) in [5.41, 5.74) is 3.04. The fourth-order valence-electron chi connectivity index (χ4n) is 9.54. The van der Waals surface area contributed by atoms with Crippen LogP contribution in [0.1, 0.15) is 112 Å². The molecule has 270 valence electrons. The summed E-state index contributed by atoms with van der Waals surface area (Å²) in [6, 6.07) is 8.49. The summed E-state index contributed by atoms with van der Waals surface area (Å²) in [6.45, 7) is 24.6. The van der Waals surface area contributed by atoms with Crippen molar-refractivity contribution in [3.63, 3.8) is 0 Å². The van der Waals surface area contributed by atoms with Crippen LogP contribution in [0.2, 0.25) is 0 Å². The van der Waals surface area contributed by atoms with Gasteiger partial charge in [-0.25, -0.2) is 0 Å². The van der Waals surface area contributed by atoms with E-state index in [0.29, 0.717) is 29.6 Å². The molecule has 48 heavy (non-hydrogen) atoms. The molecular weight excluding hydrogens is 596 g/mol. The Morgan fingerprint density at radius 2 is 1.60 bits per heavy atom. The minimum absolute atomic E-state index is 0.153. The Hall–Kier alpha value is -2.67. The number of hydrogen-bond acceptors (Lipinski definition) is 6. The van der Waals surface area contributed by atoms with Crippen LogP contribution in [-0.2, 0) is 9.59 Å². The van der Waals surface area contributed by atoms with Crippen LogP contribution in [0.15, 0.2) is 41.1 Å². The molecule has 2 bridgehead atoms. The third-order valence-electron chi connectivity index (χ3n) is 11.9. The van der Waals surface area contributed by atoms with Crippen LogP contribution in [0.4, 0.5) is 0 Å². The van der Waals surface area contributed by atoms with Crippen molar-refractivity contribution in [2.24, 2.45) is 41.4 Å². The van der Waals surface area contributed by atoms with E-state index in [1.807, 2.05) is 72.5 Å². The first-order valence-electron chi connectivity index (χ1n) is 19.4. The zero-order chi connectivity index (χ0) is 35.5. The lowest BCUT2D eigenvalue weighted by atomic mass is 9.71. The van der Waals surface area contributed by atoms with Gasteiger partial charge in [-0.15, -0.1) is 0 Å². The van der Waals surface area contributed by atoms with Crippen LogP contribution in [0.3, 0.4) is 0 Å². The molecule has 8 atom stereocenters. The number of fused-ring (bicyclic) bond motifs is 3. The van der Waals surface area contributed by atoms with Crippen LogP contribution in [-0.4, -0.2) is 78.4 Å². The minimum atomic E-state index is -0.200. The van der Waals surface area contributed by atoms with E-state index >= 15 is 0 Å². The largest absolute Gasteiger partial charge is 0.375 e. The average Bonchev–Trinajstić information content (AvgIpc) is 3.83. The van der Waals surface area contributed by atoms with Gasteiger partial charge >= 0.3 is 0 Å². The van der Waals surface area contributed by atoms with Crippen molar-refractivity contribution in [1.82, 2.24) is 19.9 Å². The Kier molecular flexibility index (Phi) is 15.7. The number of aldehydes is 1.